The molecule has 0 aliphatic heterocycles. The Hall–Kier alpha value is -1.72. The second-order valence-electron chi connectivity index (χ2n) is 4.67. The maximum absolute atomic E-state index is 13.2. The first-order valence-corrected chi connectivity index (χ1v) is 7.87. The van der Waals surface area contributed by atoms with Crippen molar-refractivity contribution < 1.29 is 30.2 Å². The topological polar surface area (TPSA) is 0 Å². The fourth-order valence-corrected chi connectivity index (χ4v) is 4.16. The van der Waals surface area contributed by atoms with Gasteiger partial charge in [0, 0.05) is 0 Å². The van der Waals surface area contributed by atoms with Crippen LogP contribution >= 0.6 is 0 Å². The summed E-state index contributed by atoms with van der Waals surface area (Å²) in [5.74, 6) is -0.943. The zero-order valence-corrected chi connectivity index (χ0v) is 14.3. The van der Waals surface area contributed by atoms with Crippen molar-refractivity contribution in [2.24, 2.45) is 0 Å². The number of benzene rings is 3. The molecule has 3 rings (SSSR count). The van der Waals surface area contributed by atoms with Crippen LogP contribution in [0.15, 0.2) is 87.5 Å². The standard InChI is InChI=1S/C18H12F3S.BrH/c19-13-1-7-16(8-2-13)22(17-9-3-14(20)4-10-17)18-11-5-15(21)6-12-18;/h1-12H;1H/q+1;/p-1. The first-order chi connectivity index (χ1) is 10.6. The van der Waals surface area contributed by atoms with E-state index >= 15 is 0 Å². The summed E-state index contributed by atoms with van der Waals surface area (Å²) >= 11 is 0. The number of hydrogen-bond donors (Lipinski definition) is 0. The van der Waals surface area contributed by atoms with Gasteiger partial charge in [0.1, 0.15) is 17.5 Å². The first-order valence-electron chi connectivity index (χ1n) is 6.64. The molecule has 5 heteroatoms. The molecule has 3 aromatic carbocycles. The van der Waals surface area contributed by atoms with E-state index in [1.807, 2.05) is 0 Å². The summed E-state index contributed by atoms with van der Waals surface area (Å²) < 4.78 is 39.5. The molecular formula is C18H12BrF3S. The Balaban J connectivity index is 0.00000192. The summed E-state index contributed by atoms with van der Waals surface area (Å²) in [6.07, 6.45) is 0. The molecule has 0 N–H and O–H groups in total. The highest BCUT2D eigenvalue weighted by molar-refractivity contribution is 7.97. The van der Waals surface area contributed by atoms with Crippen LogP contribution in [-0.2, 0) is 10.9 Å². The highest BCUT2D eigenvalue weighted by Gasteiger charge is 2.28. The zero-order valence-electron chi connectivity index (χ0n) is 11.8. The van der Waals surface area contributed by atoms with Crippen molar-refractivity contribution in [2.45, 2.75) is 14.7 Å². The lowest BCUT2D eigenvalue weighted by Crippen LogP contribution is -3.00. The van der Waals surface area contributed by atoms with Gasteiger partial charge in [-0.1, -0.05) is 0 Å². The molecule has 0 saturated carbocycles. The Morgan fingerprint density at radius 2 is 0.652 bits per heavy atom. The van der Waals surface area contributed by atoms with E-state index in [9.17, 15) is 13.2 Å². The number of rotatable bonds is 3. The molecule has 0 aliphatic rings. The Morgan fingerprint density at radius 3 is 0.870 bits per heavy atom. The third kappa shape index (κ3) is 4.18. The summed E-state index contributed by atoms with van der Waals surface area (Å²) in [5.41, 5.74) is 0. The fraction of sp³-hybridized carbons (Fsp3) is 0. The zero-order chi connectivity index (χ0) is 15.5. The largest absolute Gasteiger partial charge is 1.00 e. The van der Waals surface area contributed by atoms with E-state index in [0.29, 0.717) is 0 Å². The molecule has 0 fully saturated rings. The predicted molar refractivity (Wildman–Crippen MR) is 81.4 cm³/mol. The van der Waals surface area contributed by atoms with E-state index in [0.717, 1.165) is 14.7 Å². The van der Waals surface area contributed by atoms with Crippen molar-refractivity contribution in [1.29, 1.82) is 0 Å². The van der Waals surface area contributed by atoms with Gasteiger partial charge in [-0.15, -0.1) is 0 Å². The SMILES string of the molecule is Fc1ccc([S+](c2ccc(F)cc2)c2ccc(F)cc2)cc1.[Br-]. The maximum atomic E-state index is 13.2. The fourth-order valence-electron chi connectivity index (χ4n) is 2.12. The lowest BCUT2D eigenvalue weighted by molar-refractivity contribution is -0.00000621. The maximum Gasteiger partial charge on any atom is 0.166 e. The van der Waals surface area contributed by atoms with Gasteiger partial charge >= 0.3 is 0 Å². The summed E-state index contributed by atoms with van der Waals surface area (Å²) in [4.78, 5) is 2.67. The van der Waals surface area contributed by atoms with Crippen molar-refractivity contribution in [3.63, 3.8) is 0 Å². The van der Waals surface area contributed by atoms with E-state index < -0.39 is 10.9 Å². The van der Waals surface area contributed by atoms with Crippen molar-refractivity contribution in [3.05, 3.63) is 90.2 Å². The van der Waals surface area contributed by atoms with Gasteiger partial charge in [0.05, 0.1) is 10.9 Å². The third-order valence-corrected chi connectivity index (χ3v) is 5.38. The average molecular weight is 397 g/mol. The van der Waals surface area contributed by atoms with Crippen LogP contribution in [0.4, 0.5) is 13.2 Å². The average Bonchev–Trinajstić information content (AvgIpc) is 2.53. The van der Waals surface area contributed by atoms with Crippen LogP contribution in [0.25, 0.3) is 0 Å². The number of hydrogen-bond acceptors (Lipinski definition) is 0. The monoisotopic (exact) mass is 396 g/mol. The molecule has 0 aromatic heterocycles. The Bertz CT molecular complexity index is 648. The van der Waals surface area contributed by atoms with Crippen LogP contribution < -0.4 is 17.0 Å². The summed E-state index contributed by atoms with van der Waals surface area (Å²) in [6, 6.07) is 18.5. The van der Waals surface area contributed by atoms with Crippen LogP contribution in [0.3, 0.4) is 0 Å². The molecule has 0 heterocycles. The van der Waals surface area contributed by atoms with Gasteiger partial charge < -0.3 is 17.0 Å². The van der Waals surface area contributed by atoms with Gasteiger partial charge in [-0.3, -0.25) is 0 Å². The summed E-state index contributed by atoms with van der Waals surface area (Å²) in [7, 11) is -0.539. The van der Waals surface area contributed by atoms with Crippen LogP contribution in [0.5, 0.6) is 0 Å². The van der Waals surface area contributed by atoms with Crippen LogP contribution in [-0.4, -0.2) is 0 Å². The van der Waals surface area contributed by atoms with Crippen molar-refractivity contribution >= 4 is 10.9 Å². The smallest absolute Gasteiger partial charge is 0.166 e. The molecule has 23 heavy (non-hydrogen) atoms. The van der Waals surface area contributed by atoms with Crippen molar-refractivity contribution in [2.75, 3.05) is 0 Å². The summed E-state index contributed by atoms with van der Waals surface area (Å²) in [6.45, 7) is 0. The van der Waals surface area contributed by atoms with Gasteiger partial charge in [-0.05, 0) is 72.8 Å². The first kappa shape index (κ1) is 17.6. The van der Waals surface area contributed by atoms with Gasteiger partial charge in [-0.25, -0.2) is 13.2 Å². The molecular weight excluding hydrogens is 385 g/mol. The molecule has 0 unspecified atom stereocenters. The summed E-state index contributed by atoms with van der Waals surface area (Å²) in [5, 5.41) is 0. The second kappa shape index (κ2) is 7.70. The Kier molecular flexibility index (Phi) is 5.91. The van der Waals surface area contributed by atoms with Crippen LogP contribution in [0, 0.1) is 17.5 Å². The van der Waals surface area contributed by atoms with E-state index in [1.165, 1.54) is 36.4 Å². The lowest BCUT2D eigenvalue weighted by Gasteiger charge is -2.08. The van der Waals surface area contributed by atoms with E-state index in [4.69, 9.17) is 0 Å². The van der Waals surface area contributed by atoms with E-state index in [-0.39, 0.29) is 34.4 Å². The van der Waals surface area contributed by atoms with E-state index in [1.54, 1.807) is 36.4 Å². The molecule has 3 aromatic rings. The molecule has 0 amide bonds. The van der Waals surface area contributed by atoms with Gasteiger partial charge in [0.15, 0.2) is 14.7 Å². The normalized spacial score (nSPS) is 10.4. The quantitative estimate of drug-likeness (QED) is 0.595. The molecule has 118 valence electrons. The lowest BCUT2D eigenvalue weighted by atomic mass is 10.3. The molecule has 0 aliphatic carbocycles. The predicted octanol–water partition coefficient (Wildman–Crippen LogP) is 2.20. The van der Waals surface area contributed by atoms with Crippen molar-refractivity contribution in [3.8, 4) is 0 Å². The molecule has 0 atom stereocenters. The molecule has 0 nitrogen and oxygen atoms in total. The Morgan fingerprint density at radius 1 is 0.435 bits per heavy atom. The molecule has 0 radical (unpaired) electrons. The van der Waals surface area contributed by atoms with Gasteiger partial charge in [0.25, 0.3) is 0 Å². The second-order valence-corrected chi connectivity index (χ2v) is 6.69. The van der Waals surface area contributed by atoms with Crippen LogP contribution in [0.2, 0.25) is 0 Å². The highest BCUT2D eigenvalue weighted by atomic mass is 79.9. The van der Waals surface area contributed by atoms with Gasteiger partial charge in [-0.2, -0.15) is 0 Å². The molecule has 0 bridgehead atoms. The molecule has 0 spiro atoms. The Labute approximate surface area is 146 Å². The van der Waals surface area contributed by atoms with E-state index in [2.05, 4.69) is 0 Å². The minimum Gasteiger partial charge on any atom is -1.00 e. The minimum absolute atomic E-state index is 0. The highest BCUT2D eigenvalue weighted by Crippen LogP contribution is 2.31. The minimum atomic E-state index is -0.539. The van der Waals surface area contributed by atoms with Crippen LogP contribution in [0.1, 0.15) is 0 Å². The molecule has 0 saturated heterocycles. The van der Waals surface area contributed by atoms with Crippen molar-refractivity contribution in [1.82, 2.24) is 0 Å². The van der Waals surface area contributed by atoms with Gasteiger partial charge in [0.2, 0.25) is 0 Å². The third-order valence-electron chi connectivity index (χ3n) is 3.15. The number of halogens is 4.